The average molecular weight is 183 g/mol. The Balaban J connectivity index is 2.36. The van der Waals surface area contributed by atoms with E-state index in [1.807, 2.05) is 36.4 Å². The molecule has 0 saturated heterocycles. The summed E-state index contributed by atoms with van der Waals surface area (Å²) in [4.78, 5) is 0. The van der Waals surface area contributed by atoms with Gasteiger partial charge in [0.1, 0.15) is 12.4 Å². The van der Waals surface area contributed by atoms with E-state index >= 15 is 0 Å². The lowest BCUT2D eigenvalue weighted by Gasteiger charge is -2.04. The molecule has 2 aromatic rings. The SMILES string of the molecule is C=CCOc1ccc2cc[c]cc2c1. The maximum Gasteiger partial charge on any atom is 0.120 e. The highest BCUT2D eigenvalue weighted by molar-refractivity contribution is 5.83. The van der Waals surface area contributed by atoms with Crippen LogP contribution in [0.5, 0.6) is 5.75 Å². The Morgan fingerprint density at radius 1 is 1.29 bits per heavy atom. The van der Waals surface area contributed by atoms with Gasteiger partial charge < -0.3 is 4.74 Å². The zero-order valence-electron chi connectivity index (χ0n) is 7.86. The third-order valence-corrected chi connectivity index (χ3v) is 2.02. The molecule has 2 rings (SSSR count). The summed E-state index contributed by atoms with van der Waals surface area (Å²) < 4.78 is 5.43. The largest absolute Gasteiger partial charge is 0.490 e. The summed E-state index contributed by atoms with van der Waals surface area (Å²) in [6, 6.07) is 15.0. The number of hydrogen-bond acceptors (Lipinski definition) is 1. The molecular weight excluding hydrogens is 172 g/mol. The molecule has 1 radical (unpaired) electrons. The zero-order chi connectivity index (χ0) is 9.80. The van der Waals surface area contributed by atoms with Crippen LogP contribution in [-0.2, 0) is 0 Å². The fourth-order valence-corrected chi connectivity index (χ4v) is 1.35. The van der Waals surface area contributed by atoms with Gasteiger partial charge in [0.2, 0.25) is 0 Å². The van der Waals surface area contributed by atoms with Crippen LogP contribution in [0.15, 0.2) is 49.1 Å². The standard InChI is InChI=1S/C13H11O/c1-2-9-14-13-8-7-11-5-3-4-6-12(11)10-13/h2-3,5-8,10H,1,9H2. The monoisotopic (exact) mass is 183 g/mol. The van der Waals surface area contributed by atoms with E-state index in [4.69, 9.17) is 4.74 Å². The molecule has 2 aromatic carbocycles. The number of fused-ring (bicyclic) bond motifs is 1. The number of hydrogen-bond donors (Lipinski definition) is 0. The molecule has 0 aromatic heterocycles. The van der Waals surface area contributed by atoms with E-state index in [1.54, 1.807) is 6.08 Å². The van der Waals surface area contributed by atoms with Crippen molar-refractivity contribution in [1.82, 2.24) is 0 Å². The first-order valence-corrected chi connectivity index (χ1v) is 4.54. The van der Waals surface area contributed by atoms with Gasteiger partial charge in [-0.3, -0.25) is 0 Å². The van der Waals surface area contributed by atoms with Gasteiger partial charge in [0.15, 0.2) is 0 Å². The van der Waals surface area contributed by atoms with Crippen molar-refractivity contribution >= 4 is 10.8 Å². The van der Waals surface area contributed by atoms with Crippen LogP contribution in [0.4, 0.5) is 0 Å². The molecule has 69 valence electrons. The second kappa shape index (κ2) is 3.97. The van der Waals surface area contributed by atoms with E-state index in [9.17, 15) is 0 Å². The summed E-state index contributed by atoms with van der Waals surface area (Å²) in [6.45, 7) is 4.15. The number of rotatable bonds is 3. The van der Waals surface area contributed by atoms with E-state index in [-0.39, 0.29) is 0 Å². The topological polar surface area (TPSA) is 9.23 Å². The Bertz CT molecular complexity index is 446. The summed E-state index contributed by atoms with van der Waals surface area (Å²) in [6.07, 6.45) is 1.74. The van der Waals surface area contributed by atoms with Gasteiger partial charge >= 0.3 is 0 Å². The molecule has 0 amide bonds. The third kappa shape index (κ3) is 1.77. The first-order valence-electron chi connectivity index (χ1n) is 4.54. The Kier molecular flexibility index (Phi) is 2.50. The van der Waals surface area contributed by atoms with Crippen LogP contribution in [0.3, 0.4) is 0 Å². The van der Waals surface area contributed by atoms with Gasteiger partial charge in [0.25, 0.3) is 0 Å². The summed E-state index contributed by atoms with van der Waals surface area (Å²) in [5.74, 6) is 0.872. The molecule has 0 aliphatic carbocycles. The van der Waals surface area contributed by atoms with Crippen LogP contribution in [-0.4, -0.2) is 6.61 Å². The molecule has 0 aliphatic rings. The van der Waals surface area contributed by atoms with E-state index < -0.39 is 0 Å². The highest BCUT2D eigenvalue weighted by Crippen LogP contribution is 2.20. The molecule has 0 aliphatic heterocycles. The van der Waals surface area contributed by atoms with Crippen molar-refractivity contribution in [2.24, 2.45) is 0 Å². The minimum Gasteiger partial charge on any atom is -0.490 e. The summed E-state index contributed by atoms with van der Waals surface area (Å²) in [5, 5.41) is 2.35. The van der Waals surface area contributed by atoms with Gasteiger partial charge in [-0.1, -0.05) is 30.9 Å². The van der Waals surface area contributed by atoms with Gasteiger partial charge in [-0.05, 0) is 35.0 Å². The summed E-state index contributed by atoms with van der Waals surface area (Å²) in [5.41, 5.74) is 0. The minimum absolute atomic E-state index is 0.544. The second-order valence-corrected chi connectivity index (χ2v) is 3.03. The van der Waals surface area contributed by atoms with Crippen molar-refractivity contribution in [3.05, 3.63) is 55.1 Å². The molecule has 0 heterocycles. The zero-order valence-corrected chi connectivity index (χ0v) is 7.86. The fourth-order valence-electron chi connectivity index (χ4n) is 1.35. The van der Waals surface area contributed by atoms with Crippen molar-refractivity contribution in [3.63, 3.8) is 0 Å². The number of benzene rings is 2. The molecule has 0 fully saturated rings. The molecule has 0 unspecified atom stereocenters. The lowest BCUT2D eigenvalue weighted by molar-refractivity contribution is 0.364. The molecule has 1 nitrogen and oxygen atoms in total. The maximum atomic E-state index is 5.43. The lowest BCUT2D eigenvalue weighted by Crippen LogP contribution is -1.91. The highest BCUT2D eigenvalue weighted by Gasteiger charge is 1.95. The van der Waals surface area contributed by atoms with Gasteiger partial charge in [0.05, 0.1) is 0 Å². The first kappa shape index (κ1) is 8.82. The second-order valence-electron chi connectivity index (χ2n) is 3.03. The van der Waals surface area contributed by atoms with Crippen molar-refractivity contribution in [2.45, 2.75) is 0 Å². The molecule has 0 saturated carbocycles. The van der Waals surface area contributed by atoms with Crippen LogP contribution in [0.25, 0.3) is 10.8 Å². The van der Waals surface area contributed by atoms with Crippen molar-refractivity contribution < 1.29 is 4.74 Å². The molecule has 1 heteroatoms. The molecule has 0 spiro atoms. The van der Waals surface area contributed by atoms with Gasteiger partial charge in [-0.2, -0.15) is 0 Å². The minimum atomic E-state index is 0.544. The average Bonchev–Trinajstić information content (AvgIpc) is 2.26. The van der Waals surface area contributed by atoms with E-state index in [1.165, 1.54) is 5.39 Å². The Morgan fingerprint density at radius 2 is 2.21 bits per heavy atom. The number of ether oxygens (including phenoxy) is 1. The maximum absolute atomic E-state index is 5.43. The third-order valence-electron chi connectivity index (χ3n) is 2.02. The van der Waals surface area contributed by atoms with Gasteiger partial charge in [-0.25, -0.2) is 0 Å². The van der Waals surface area contributed by atoms with Crippen LogP contribution < -0.4 is 4.74 Å². The predicted molar refractivity (Wildman–Crippen MR) is 58.5 cm³/mol. The van der Waals surface area contributed by atoms with Crippen LogP contribution >= 0.6 is 0 Å². The quantitative estimate of drug-likeness (QED) is 0.664. The Labute approximate surface area is 83.6 Å². The molecular formula is C13H11O. The molecule has 0 N–H and O–H groups in total. The molecule has 0 bridgehead atoms. The van der Waals surface area contributed by atoms with Crippen LogP contribution in [0, 0.1) is 6.07 Å². The van der Waals surface area contributed by atoms with Crippen LogP contribution in [0.1, 0.15) is 0 Å². The Hall–Kier alpha value is -1.76. The smallest absolute Gasteiger partial charge is 0.120 e. The van der Waals surface area contributed by atoms with E-state index in [0.29, 0.717) is 6.61 Å². The fraction of sp³-hybridized carbons (Fsp3) is 0.0769. The first-order chi connectivity index (χ1) is 6.90. The van der Waals surface area contributed by atoms with Gasteiger partial charge in [-0.15, -0.1) is 0 Å². The normalized spacial score (nSPS) is 10.0. The lowest BCUT2D eigenvalue weighted by atomic mass is 10.1. The Morgan fingerprint density at radius 3 is 3.07 bits per heavy atom. The van der Waals surface area contributed by atoms with E-state index in [2.05, 4.69) is 12.6 Å². The van der Waals surface area contributed by atoms with Crippen molar-refractivity contribution in [1.29, 1.82) is 0 Å². The van der Waals surface area contributed by atoms with Crippen molar-refractivity contribution in [3.8, 4) is 5.75 Å². The molecule has 14 heavy (non-hydrogen) atoms. The predicted octanol–water partition coefficient (Wildman–Crippen LogP) is 3.20. The van der Waals surface area contributed by atoms with Crippen molar-refractivity contribution in [2.75, 3.05) is 6.61 Å². The van der Waals surface area contributed by atoms with Crippen LogP contribution in [0.2, 0.25) is 0 Å². The van der Waals surface area contributed by atoms with Gasteiger partial charge in [0, 0.05) is 0 Å². The summed E-state index contributed by atoms with van der Waals surface area (Å²) in [7, 11) is 0. The highest BCUT2D eigenvalue weighted by atomic mass is 16.5. The van der Waals surface area contributed by atoms with E-state index in [0.717, 1.165) is 11.1 Å². The molecule has 0 atom stereocenters. The summed E-state index contributed by atoms with van der Waals surface area (Å²) >= 11 is 0.